The van der Waals surface area contributed by atoms with E-state index in [9.17, 15) is 29.1 Å². The molecule has 12 nitrogen and oxygen atoms in total. The van der Waals surface area contributed by atoms with Crippen molar-refractivity contribution in [3.8, 4) is 5.75 Å². The first-order chi connectivity index (χ1) is 15.7. The standard InChI is InChI=1S/C22H32N4O8/c1-22(2,3)34-21(32)25-15(10-11-16(23)28)20(31)26(4)18(13-6-8-14(27)9-7-13)19(30)24-12-17(29)33-5/h6-9,15,18,27H,10-12H2,1-5H3,(H2,23,28)(H,24,30)(H,25,32). The van der Waals surface area contributed by atoms with E-state index >= 15 is 0 Å². The minimum Gasteiger partial charge on any atom is -0.508 e. The van der Waals surface area contributed by atoms with Crippen molar-refractivity contribution in [2.45, 2.75) is 51.3 Å². The average molecular weight is 481 g/mol. The fraction of sp³-hybridized carbons (Fsp3) is 0.500. The Morgan fingerprint density at radius 2 is 1.71 bits per heavy atom. The number of alkyl carbamates (subject to hydrolysis) is 1. The van der Waals surface area contributed by atoms with Crippen molar-refractivity contribution in [1.82, 2.24) is 15.5 Å². The van der Waals surface area contributed by atoms with E-state index < -0.39 is 54.0 Å². The van der Waals surface area contributed by atoms with Crippen molar-refractivity contribution in [3.63, 3.8) is 0 Å². The summed E-state index contributed by atoms with van der Waals surface area (Å²) in [5, 5.41) is 14.4. The molecule has 0 saturated heterocycles. The predicted octanol–water partition coefficient (Wildman–Crippen LogP) is 0.340. The lowest BCUT2D eigenvalue weighted by Gasteiger charge is -2.31. The number of carbonyl (C=O) groups excluding carboxylic acids is 5. The molecule has 0 bridgehead atoms. The predicted molar refractivity (Wildman–Crippen MR) is 120 cm³/mol. The molecular weight excluding hydrogens is 448 g/mol. The molecule has 0 heterocycles. The van der Waals surface area contributed by atoms with Gasteiger partial charge in [-0.15, -0.1) is 0 Å². The number of ether oxygens (including phenoxy) is 2. The maximum atomic E-state index is 13.3. The number of amides is 4. The van der Waals surface area contributed by atoms with Crippen molar-refractivity contribution >= 4 is 29.8 Å². The molecule has 0 fully saturated rings. The van der Waals surface area contributed by atoms with Crippen LogP contribution in [0.1, 0.15) is 45.2 Å². The van der Waals surface area contributed by atoms with Gasteiger partial charge in [-0.2, -0.15) is 0 Å². The molecule has 4 amide bonds. The quantitative estimate of drug-likeness (QED) is 0.346. The minimum absolute atomic E-state index is 0.0580. The number of nitrogens with two attached hydrogens (primary N) is 1. The van der Waals surface area contributed by atoms with Gasteiger partial charge in [0.05, 0.1) is 7.11 Å². The third-order valence-electron chi connectivity index (χ3n) is 4.50. The zero-order valence-electron chi connectivity index (χ0n) is 19.9. The second-order valence-corrected chi connectivity index (χ2v) is 8.44. The molecule has 12 heteroatoms. The third kappa shape index (κ3) is 9.35. The number of esters is 1. The van der Waals surface area contributed by atoms with E-state index in [-0.39, 0.29) is 18.6 Å². The highest BCUT2D eigenvalue weighted by atomic mass is 16.6. The van der Waals surface area contributed by atoms with Crippen LogP contribution in [0.15, 0.2) is 24.3 Å². The highest BCUT2D eigenvalue weighted by molar-refractivity contribution is 5.93. The molecule has 34 heavy (non-hydrogen) atoms. The van der Waals surface area contributed by atoms with Crippen LogP contribution in [-0.2, 0) is 28.7 Å². The van der Waals surface area contributed by atoms with Crippen molar-refractivity contribution < 1.29 is 38.6 Å². The molecule has 2 atom stereocenters. The van der Waals surface area contributed by atoms with Gasteiger partial charge in [0.25, 0.3) is 0 Å². The summed E-state index contributed by atoms with van der Waals surface area (Å²) in [5.41, 5.74) is 4.69. The molecule has 0 spiro atoms. The van der Waals surface area contributed by atoms with Gasteiger partial charge in [-0.25, -0.2) is 4.79 Å². The number of carbonyl (C=O) groups is 5. The number of likely N-dealkylation sites (N-methyl/N-ethyl adjacent to an activating group) is 1. The molecule has 0 aromatic heterocycles. The van der Waals surface area contributed by atoms with Crippen LogP contribution in [0.2, 0.25) is 0 Å². The zero-order valence-corrected chi connectivity index (χ0v) is 19.9. The fourth-order valence-corrected chi connectivity index (χ4v) is 2.90. The van der Waals surface area contributed by atoms with Gasteiger partial charge in [0.2, 0.25) is 17.7 Å². The molecule has 0 saturated carbocycles. The van der Waals surface area contributed by atoms with E-state index in [2.05, 4.69) is 15.4 Å². The number of methoxy groups -OCH3 is 1. The molecule has 5 N–H and O–H groups in total. The van der Waals surface area contributed by atoms with Crippen LogP contribution in [0.5, 0.6) is 5.75 Å². The maximum Gasteiger partial charge on any atom is 0.408 e. The van der Waals surface area contributed by atoms with E-state index in [4.69, 9.17) is 10.5 Å². The Labute approximate surface area is 197 Å². The van der Waals surface area contributed by atoms with Crippen LogP contribution < -0.4 is 16.4 Å². The first kappa shape index (κ1) is 28.2. The van der Waals surface area contributed by atoms with E-state index in [0.29, 0.717) is 5.56 Å². The lowest BCUT2D eigenvalue weighted by molar-refractivity contribution is -0.143. The van der Waals surface area contributed by atoms with Gasteiger partial charge in [0, 0.05) is 13.5 Å². The normalized spacial score (nSPS) is 12.6. The van der Waals surface area contributed by atoms with Gasteiger partial charge in [-0.3, -0.25) is 19.2 Å². The van der Waals surface area contributed by atoms with E-state index in [1.165, 1.54) is 31.3 Å². The summed E-state index contributed by atoms with van der Waals surface area (Å²) in [6.07, 6.45) is -1.23. The Morgan fingerprint density at radius 1 is 1.12 bits per heavy atom. The lowest BCUT2D eigenvalue weighted by Crippen LogP contribution is -2.52. The topological polar surface area (TPSA) is 177 Å². The summed E-state index contributed by atoms with van der Waals surface area (Å²) in [4.78, 5) is 62.4. The van der Waals surface area contributed by atoms with Crippen LogP contribution in [0.3, 0.4) is 0 Å². The highest BCUT2D eigenvalue weighted by Crippen LogP contribution is 2.23. The van der Waals surface area contributed by atoms with Crippen LogP contribution in [0, 0.1) is 0 Å². The third-order valence-corrected chi connectivity index (χ3v) is 4.50. The number of hydrogen-bond acceptors (Lipinski definition) is 8. The van der Waals surface area contributed by atoms with Crippen molar-refractivity contribution in [2.75, 3.05) is 20.7 Å². The molecule has 0 aliphatic heterocycles. The van der Waals surface area contributed by atoms with Crippen LogP contribution >= 0.6 is 0 Å². The highest BCUT2D eigenvalue weighted by Gasteiger charge is 2.34. The van der Waals surface area contributed by atoms with Gasteiger partial charge < -0.3 is 35.8 Å². The number of phenolic OH excluding ortho intramolecular Hbond substituents is 1. The molecule has 0 aliphatic rings. The Bertz CT molecular complexity index is 895. The molecule has 1 aromatic rings. The maximum absolute atomic E-state index is 13.3. The summed E-state index contributed by atoms with van der Waals surface area (Å²) in [6.45, 7) is 4.50. The van der Waals surface area contributed by atoms with Gasteiger partial charge in [-0.05, 0) is 44.9 Å². The summed E-state index contributed by atoms with van der Waals surface area (Å²) >= 11 is 0. The molecular formula is C22H32N4O8. The Kier molecular flexibility index (Phi) is 10.3. The van der Waals surface area contributed by atoms with Gasteiger partial charge in [0.15, 0.2) is 0 Å². The molecule has 2 unspecified atom stereocenters. The monoisotopic (exact) mass is 480 g/mol. The van der Waals surface area contributed by atoms with Crippen LogP contribution in [0.4, 0.5) is 4.79 Å². The summed E-state index contributed by atoms with van der Waals surface area (Å²) in [7, 11) is 2.49. The second-order valence-electron chi connectivity index (χ2n) is 8.44. The fourth-order valence-electron chi connectivity index (χ4n) is 2.90. The Balaban J connectivity index is 3.23. The molecule has 0 aliphatic carbocycles. The smallest absolute Gasteiger partial charge is 0.408 e. The van der Waals surface area contributed by atoms with Crippen molar-refractivity contribution in [1.29, 1.82) is 0 Å². The van der Waals surface area contributed by atoms with Gasteiger partial charge in [0.1, 0.15) is 30.0 Å². The van der Waals surface area contributed by atoms with E-state index in [0.717, 1.165) is 12.0 Å². The second kappa shape index (κ2) is 12.4. The van der Waals surface area contributed by atoms with Crippen molar-refractivity contribution in [3.05, 3.63) is 29.8 Å². The summed E-state index contributed by atoms with van der Waals surface area (Å²) in [6, 6.07) is 3.05. The minimum atomic E-state index is -1.24. The summed E-state index contributed by atoms with van der Waals surface area (Å²) < 4.78 is 9.71. The van der Waals surface area contributed by atoms with Gasteiger partial charge >= 0.3 is 12.1 Å². The Morgan fingerprint density at radius 3 is 2.21 bits per heavy atom. The number of hydrogen-bond donors (Lipinski definition) is 4. The molecule has 0 radical (unpaired) electrons. The number of nitrogens with one attached hydrogen (secondary N) is 2. The van der Waals surface area contributed by atoms with Crippen LogP contribution in [0.25, 0.3) is 0 Å². The largest absolute Gasteiger partial charge is 0.508 e. The Hall–Kier alpha value is -3.83. The molecule has 188 valence electrons. The number of primary amides is 1. The summed E-state index contributed by atoms with van der Waals surface area (Å²) in [5.74, 6) is -2.86. The molecule has 1 aromatic carbocycles. The lowest BCUT2D eigenvalue weighted by atomic mass is 10.0. The SMILES string of the molecule is COC(=O)CNC(=O)C(c1ccc(O)cc1)N(C)C(=O)C(CCC(N)=O)NC(=O)OC(C)(C)C. The van der Waals surface area contributed by atoms with Crippen molar-refractivity contribution in [2.24, 2.45) is 5.73 Å². The number of phenols is 1. The number of aromatic hydroxyl groups is 1. The van der Waals surface area contributed by atoms with E-state index in [1.54, 1.807) is 20.8 Å². The zero-order chi connectivity index (χ0) is 26.1. The number of nitrogens with zero attached hydrogens (tertiary/aromatic N) is 1. The number of benzene rings is 1. The van der Waals surface area contributed by atoms with Gasteiger partial charge in [-0.1, -0.05) is 12.1 Å². The van der Waals surface area contributed by atoms with Crippen LogP contribution in [-0.4, -0.2) is 72.1 Å². The average Bonchev–Trinajstić information content (AvgIpc) is 2.74. The number of rotatable bonds is 10. The first-order valence-electron chi connectivity index (χ1n) is 10.4. The molecule has 1 rings (SSSR count). The van der Waals surface area contributed by atoms with E-state index in [1.807, 2.05) is 0 Å². The first-order valence-corrected chi connectivity index (χ1v) is 10.4.